The summed E-state index contributed by atoms with van der Waals surface area (Å²) in [6.45, 7) is 6.60. The first-order chi connectivity index (χ1) is 33.0. The maximum absolute atomic E-state index is 12.7. The quantitative estimate of drug-likeness (QED) is 0.0262. The molecule has 0 saturated carbocycles. The zero-order valence-corrected chi connectivity index (χ0v) is 45.5. The maximum atomic E-state index is 12.7. The molecule has 396 valence electrons. The lowest BCUT2D eigenvalue weighted by molar-refractivity contribution is -0.167. The maximum Gasteiger partial charge on any atom is 0.306 e. The summed E-state index contributed by atoms with van der Waals surface area (Å²) in [6.07, 6.45) is 65.4. The van der Waals surface area contributed by atoms with E-state index in [-0.39, 0.29) is 31.1 Å². The molecule has 0 spiro atoms. The third kappa shape index (κ3) is 55.0. The molecule has 6 nitrogen and oxygen atoms in total. The third-order valence-corrected chi connectivity index (χ3v) is 13.8. The molecule has 6 heteroatoms. The van der Waals surface area contributed by atoms with Crippen molar-refractivity contribution in [3.05, 3.63) is 12.2 Å². The minimum absolute atomic E-state index is 0.0684. The number of hydrogen-bond acceptors (Lipinski definition) is 6. The van der Waals surface area contributed by atoms with Crippen LogP contribution in [0.25, 0.3) is 0 Å². The number of unbranched alkanes of at least 4 members (excludes halogenated alkanes) is 43. The van der Waals surface area contributed by atoms with Gasteiger partial charge in [0.25, 0.3) is 0 Å². The Morgan fingerprint density at radius 3 is 0.806 bits per heavy atom. The molecule has 0 bridgehead atoms. The fourth-order valence-electron chi connectivity index (χ4n) is 9.21. The highest BCUT2D eigenvalue weighted by Crippen LogP contribution is 2.18. The van der Waals surface area contributed by atoms with Crippen LogP contribution < -0.4 is 0 Å². The van der Waals surface area contributed by atoms with Crippen molar-refractivity contribution in [3.8, 4) is 0 Å². The Morgan fingerprint density at radius 2 is 0.522 bits per heavy atom. The Labute approximate surface area is 418 Å². The van der Waals surface area contributed by atoms with Gasteiger partial charge in [0.1, 0.15) is 13.2 Å². The number of ether oxygens (including phenoxy) is 3. The normalized spacial score (nSPS) is 12.0. The summed E-state index contributed by atoms with van der Waals surface area (Å²) in [5, 5.41) is 0. The average molecular weight is 946 g/mol. The summed E-state index contributed by atoms with van der Waals surface area (Å²) < 4.78 is 16.8. The van der Waals surface area contributed by atoms with Gasteiger partial charge in [0.15, 0.2) is 6.10 Å². The van der Waals surface area contributed by atoms with E-state index in [0.717, 1.165) is 70.6 Å². The third-order valence-electron chi connectivity index (χ3n) is 13.8. The van der Waals surface area contributed by atoms with Gasteiger partial charge in [0.2, 0.25) is 0 Å². The predicted octanol–water partition coefficient (Wildman–Crippen LogP) is 20.1. The van der Waals surface area contributed by atoms with Crippen LogP contribution >= 0.6 is 0 Å². The molecule has 1 unspecified atom stereocenters. The first-order valence-corrected chi connectivity index (χ1v) is 30.2. The summed E-state index contributed by atoms with van der Waals surface area (Å²) in [5.74, 6) is -0.863. The van der Waals surface area contributed by atoms with Crippen molar-refractivity contribution in [1.82, 2.24) is 0 Å². The second-order valence-corrected chi connectivity index (χ2v) is 20.6. The summed E-state index contributed by atoms with van der Waals surface area (Å²) in [7, 11) is 0. The van der Waals surface area contributed by atoms with Crippen LogP contribution in [-0.2, 0) is 28.6 Å². The predicted molar refractivity (Wildman–Crippen MR) is 289 cm³/mol. The summed E-state index contributed by atoms with van der Waals surface area (Å²) in [6, 6.07) is 0. The fraction of sp³-hybridized carbons (Fsp3) is 0.918. The molecule has 0 amide bonds. The van der Waals surface area contributed by atoms with Gasteiger partial charge in [-0.25, -0.2) is 0 Å². The molecule has 0 aromatic carbocycles. The molecule has 0 heterocycles. The van der Waals surface area contributed by atoms with Gasteiger partial charge in [0.05, 0.1) is 0 Å². The van der Waals surface area contributed by atoms with Gasteiger partial charge in [-0.15, -0.1) is 0 Å². The minimum Gasteiger partial charge on any atom is -0.462 e. The van der Waals surface area contributed by atoms with Gasteiger partial charge in [-0.1, -0.05) is 296 Å². The van der Waals surface area contributed by atoms with E-state index in [2.05, 4.69) is 32.9 Å². The van der Waals surface area contributed by atoms with Crippen LogP contribution in [0, 0.1) is 0 Å². The highest BCUT2D eigenvalue weighted by atomic mass is 16.6. The van der Waals surface area contributed by atoms with Crippen LogP contribution in [0.3, 0.4) is 0 Å². The van der Waals surface area contributed by atoms with Crippen molar-refractivity contribution in [2.75, 3.05) is 13.2 Å². The van der Waals surface area contributed by atoms with Crippen LogP contribution in [0.1, 0.15) is 342 Å². The van der Waals surface area contributed by atoms with Gasteiger partial charge < -0.3 is 14.2 Å². The van der Waals surface area contributed by atoms with E-state index < -0.39 is 6.10 Å². The van der Waals surface area contributed by atoms with Crippen molar-refractivity contribution in [1.29, 1.82) is 0 Å². The lowest BCUT2D eigenvalue weighted by Crippen LogP contribution is -2.30. The first kappa shape index (κ1) is 65.1. The van der Waals surface area contributed by atoms with Crippen molar-refractivity contribution in [2.24, 2.45) is 0 Å². The molecule has 0 radical (unpaired) electrons. The Hall–Kier alpha value is -1.85. The molecular weight excluding hydrogens is 829 g/mol. The molecule has 0 rings (SSSR count). The van der Waals surface area contributed by atoms with Gasteiger partial charge >= 0.3 is 17.9 Å². The van der Waals surface area contributed by atoms with E-state index in [1.807, 2.05) is 0 Å². The Kier molecular flexibility index (Phi) is 55.2. The van der Waals surface area contributed by atoms with Gasteiger partial charge in [-0.05, 0) is 38.5 Å². The van der Waals surface area contributed by atoms with E-state index in [1.165, 1.54) is 231 Å². The lowest BCUT2D eigenvalue weighted by Gasteiger charge is -2.18. The number of carbonyl (C=O) groups is 3. The largest absolute Gasteiger partial charge is 0.462 e. The SMILES string of the molecule is CCC/C=C\CCCCCCCC(=O)OC(COC(=O)CCCCCCCCCCC)COC(=O)CCCCCCCCCCCCCCCCCCCCCCCCCCCCCCCC. The smallest absolute Gasteiger partial charge is 0.306 e. The highest BCUT2D eigenvalue weighted by Gasteiger charge is 2.19. The fourth-order valence-corrected chi connectivity index (χ4v) is 9.21. The molecule has 0 aliphatic carbocycles. The number of rotatable bonds is 56. The van der Waals surface area contributed by atoms with Crippen molar-refractivity contribution in [3.63, 3.8) is 0 Å². The zero-order valence-electron chi connectivity index (χ0n) is 45.5. The molecule has 67 heavy (non-hydrogen) atoms. The van der Waals surface area contributed by atoms with Gasteiger partial charge in [0, 0.05) is 19.3 Å². The van der Waals surface area contributed by atoms with Crippen molar-refractivity contribution in [2.45, 2.75) is 348 Å². The standard InChI is InChI=1S/C61H116O6/c1-4-7-10-13-16-19-21-22-23-24-25-26-27-28-29-30-31-32-33-34-35-36-37-38-39-40-43-45-48-51-54-60(63)66-57-58(56-65-59(62)53-50-47-44-41-18-15-12-9-6-3)67-61(64)55-52-49-46-42-20-17-14-11-8-5-2/h11,14,58H,4-10,12-13,15-57H2,1-3H3/b14-11-. The monoisotopic (exact) mass is 945 g/mol. The molecule has 0 N–H and O–H groups in total. The number of carbonyl (C=O) groups excluding carboxylic acids is 3. The minimum atomic E-state index is -0.767. The summed E-state index contributed by atoms with van der Waals surface area (Å²) >= 11 is 0. The molecule has 0 aromatic rings. The summed E-state index contributed by atoms with van der Waals surface area (Å²) in [4.78, 5) is 37.9. The van der Waals surface area contributed by atoms with Crippen molar-refractivity contribution >= 4 is 17.9 Å². The lowest BCUT2D eigenvalue weighted by atomic mass is 10.0. The first-order valence-electron chi connectivity index (χ1n) is 30.2. The second kappa shape index (κ2) is 56.7. The van der Waals surface area contributed by atoms with Gasteiger partial charge in [-0.2, -0.15) is 0 Å². The van der Waals surface area contributed by atoms with E-state index in [9.17, 15) is 14.4 Å². The van der Waals surface area contributed by atoms with Crippen LogP contribution in [0.4, 0.5) is 0 Å². The van der Waals surface area contributed by atoms with E-state index in [1.54, 1.807) is 0 Å². The van der Waals surface area contributed by atoms with Crippen LogP contribution in [-0.4, -0.2) is 37.2 Å². The molecule has 0 fully saturated rings. The molecule has 0 aliphatic heterocycles. The Morgan fingerprint density at radius 1 is 0.284 bits per heavy atom. The molecular formula is C61H116O6. The number of hydrogen-bond donors (Lipinski definition) is 0. The second-order valence-electron chi connectivity index (χ2n) is 20.6. The van der Waals surface area contributed by atoms with Crippen LogP contribution in [0.2, 0.25) is 0 Å². The molecule has 0 saturated heterocycles. The Balaban J connectivity index is 3.94. The van der Waals surface area contributed by atoms with E-state index >= 15 is 0 Å². The number of allylic oxidation sites excluding steroid dienone is 2. The zero-order chi connectivity index (χ0) is 48.6. The average Bonchev–Trinajstić information content (AvgIpc) is 3.33. The number of esters is 3. The van der Waals surface area contributed by atoms with E-state index in [0.29, 0.717) is 19.3 Å². The summed E-state index contributed by atoms with van der Waals surface area (Å²) in [5.41, 5.74) is 0. The van der Waals surface area contributed by atoms with E-state index in [4.69, 9.17) is 14.2 Å². The Bertz CT molecular complexity index is 1040. The molecule has 0 aliphatic rings. The molecule has 1 atom stereocenters. The van der Waals surface area contributed by atoms with Crippen LogP contribution in [0.15, 0.2) is 12.2 Å². The van der Waals surface area contributed by atoms with Gasteiger partial charge in [-0.3, -0.25) is 14.4 Å². The highest BCUT2D eigenvalue weighted by molar-refractivity contribution is 5.71. The van der Waals surface area contributed by atoms with Crippen LogP contribution in [0.5, 0.6) is 0 Å². The molecule has 0 aromatic heterocycles. The topological polar surface area (TPSA) is 78.9 Å². The van der Waals surface area contributed by atoms with Crippen molar-refractivity contribution < 1.29 is 28.6 Å².